The van der Waals surface area contributed by atoms with Crippen molar-refractivity contribution >= 4 is 16.8 Å². The molecule has 0 saturated carbocycles. The van der Waals surface area contributed by atoms with E-state index in [-0.39, 0.29) is 18.6 Å². The van der Waals surface area contributed by atoms with E-state index in [2.05, 4.69) is 34.5 Å². The second kappa shape index (κ2) is 11.2. The molecule has 5 rings (SSSR count). The van der Waals surface area contributed by atoms with E-state index in [1.54, 1.807) is 0 Å². The molecule has 0 aliphatic carbocycles. The number of fused-ring (bicyclic) bond motifs is 1. The zero-order valence-corrected chi connectivity index (χ0v) is 20.3. The molecule has 0 bridgehead atoms. The van der Waals surface area contributed by atoms with Crippen LogP contribution in [-0.2, 0) is 20.8 Å². The van der Waals surface area contributed by atoms with Gasteiger partial charge in [0.1, 0.15) is 5.75 Å². The van der Waals surface area contributed by atoms with Crippen molar-refractivity contribution in [2.24, 2.45) is 0 Å². The number of morpholine rings is 1. The summed E-state index contributed by atoms with van der Waals surface area (Å²) in [6, 6.07) is 16.6. The molecule has 7 nitrogen and oxygen atoms in total. The molecular weight excluding hydrogens is 442 g/mol. The first-order valence-corrected chi connectivity index (χ1v) is 12.5. The molecule has 7 heteroatoms. The van der Waals surface area contributed by atoms with E-state index in [9.17, 15) is 4.79 Å². The van der Waals surface area contributed by atoms with Crippen molar-refractivity contribution < 1.29 is 19.0 Å². The lowest BCUT2D eigenvalue weighted by Crippen LogP contribution is -2.36. The van der Waals surface area contributed by atoms with Crippen molar-refractivity contribution in [1.29, 1.82) is 0 Å². The Morgan fingerprint density at radius 1 is 1.14 bits per heavy atom. The van der Waals surface area contributed by atoms with Crippen molar-refractivity contribution in [3.8, 4) is 16.9 Å². The third-order valence-electron chi connectivity index (χ3n) is 6.62. The van der Waals surface area contributed by atoms with Gasteiger partial charge >= 0.3 is 0 Å². The number of aryl methyl sites for hydroxylation is 1. The molecule has 0 spiro atoms. The van der Waals surface area contributed by atoms with Crippen molar-refractivity contribution in [2.75, 3.05) is 46.1 Å². The van der Waals surface area contributed by atoms with E-state index in [1.807, 2.05) is 31.2 Å². The summed E-state index contributed by atoms with van der Waals surface area (Å²) in [6.45, 7) is 7.29. The lowest BCUT2D eigenvalue weighted by Gasteiger charge is -2.27. The van der Waals surface area contributed by atoms with Crippen molar-refractivity contribution in [2.45, 2.75) is 32.4 Å². The first-order valence-electron chi connectivity index (χ1n) is 12.5. The first-order chi connectivity index (χ1) is 17.2. The number of aromatic nitrogens is 1. The number of carbonyl (C=O) groups excluding carboxylic acids is 1. The summed E-state index contributed by atoms with van der Waals surface area (Å²) in [5.74, 6) is 0.611. The number of hydrogen-bond donors (Lipinski definition) is 1. The van der Waals surface area contributed by atoms with Gasteiger partial charge in [0.25, 0.3) is 5.91 Å². The van der Waals surface area contributed by atoms with Crippen LogP contribution in [0.4, 0.5) is 0 Å². The second-order valence-corrected chi connectivity index (χ2v) is 9.27. The van der Waals surface area contributed by atoms with E-state index in [0.29, 0.717) is 6.54 Å². The average Bonchev–Trinajstić information content (AvgIpc) is 3.40. The summed E-state index contributed by atoms with van der Waals surface area (Å²) in [5.41, 5.74) is 5.30. The van der Waals surface area contributed by atoms with E-state index >= 15 is 0 Å². The fraction of sp³-hybridized carbons (Fsp3) is 0.429. The highest BCUT2D eigenvalue weighted by Crippen LogP contribution is 2.32. The predicted molar refractivity (Wildman–Crippen MR) is 135 cm³/mol. The number of para-hydroxylation sites is 1. The molecule has 1 aromatic heterocycles. The number of benzene rings is 2. The van der Waals surface area contributed by atoms with Crippen LogP contribution in [0, 0.1) is 6.92 Å². The molecule has 2 saturated heterocycles. The Morgan fingerprint density at radius 2 is 2.00 bits per heavy atom. The number of hydrogen-bond acceptors (Lipinski definition) is 6. The molecule has 2 aromatic carbocycles. The first kappa shape index (κ1) is 23.7. The summed E-state index contributed by atoms with van der Waals surface area (Å²) in [4.78, 5) is 19.5. The molecule has 2 aliphatic heterocycles. The Bertz CT molecular complexity index is 1170. The smallest absolute Gasteiger partial charge is 0.258 e. The highest BCUT2D eigenvalue weighted by Gasteiger charge is 2.18. The number of nitrogens with one attached hydrogen (secondary N) is 1. The number of rotatable bonds is 8. The lowest BCUT2D eigenvalue weighted by atomic mass is 9.98. The SMILES string of the molecule is Cc1cc(-c2ccc(OCC(=O)NC[C@H]3CCCO3)c(CN3CCOCC3)c2)c2ccccc2n1. The van der Waals surface area contributed by atoms with Crippen LogP contribution in [0.25, 0.3) is 22.0 Å². The third kappa shape index (κ3) is 5.99. The number of amides is 1. The van der Waals surface area contributed by atoms with Crippen LogP contribution in [0.5, 0.6) is 5.75 Å². The van der Waals surface area contributed by atoms with Crippen LogP contribution in [0.1, 0.15) is 24.1 Å². The Hall–Kier alpha value is -3.00. The molecule has 2 fully saturated rings. The average molecular weight is 476 g/mol. The third-order valence-corrected chi connectivity index (χ3v) is 6.62. The van der Waals surface area contributed by atoms with Gasteiger partial charge in [-0.15, -0.1) is 0 Å². The zero-order valence-electron chi connectivity index (χ0n) is 20.3. The summed E-state index contributed by atoms with van der Waals surface area (Å²) >= 11 is 0. The molecule has 0 radical (unpaired) electrons. The maximum atomic E-state index is 12.4. The molecule has 3 heterocycles. The van der Waals surface area contributed by atoms with Gasteiger partial charge in [0, 0.05) is 49.4 Å². The Balaban J connectivity index is 1.37. The minimum atomic E-state index is -0.127. The standard InChI is InChI=1S/C28H33N3O4/c1-20-15-25(24-6-2-3-7-26(24)30-20)21-8-9-27(22(16-21)18-31-10-13-33-14-11-31)35-19-28(32)29-17-23-5-4-12-34-23/h2-3,6-9,15-16,23H,4-5,10-14,17-19H2,1H3,(H,29,32)/t23-/m1/s1. The van der Waals surface area contributed by atoms with Crippen LogP contribution in [0.3, 0.4) is 0 Å². The minimum Gasteiger partial charge on any atom is -0.483 e. The quantitative estimate of drug-likeness (QED) is 0.536. The predicted octanol–water partition coefficient (Wildman–Crippen LogP) is 3.72. The second-order valence-electron chi connectivity index (χ2n) is 9.27. The van der Waals surface area contributed by atoms with Crippen molar-refractivity contribution in [3.05, 3.63) is 59.8 Å². The highest BCUT2D eigenvalue weighted by atomic mass is 16.5. The Morgan fingerprint density at radius 3 is 2.83 bits per heavy atom. The van der Waals surface area contributed by atoms with Gasteiger partial charge in [-0.2, -0.15) is 0 Å². The van der Waals surface area contributed by atoms with Gasteiger partial charge in [0.2, 0.25) is 0 Å². The molecule has 35 heavy (non-hydrogen) atoms. The van der Waals surface area contributed by atoms with Gasteiger partial charge in [0.15, 0.2) is 6.61 Å². The van der Waals surface area contributed by atoms with Crippen LogP contribution < -0.4 is 10.1 Å². The van der Waals surface area contributed by atoms with Gasteiger partial charge in [-0.1, -0.05) is 24.3 Å². The van der Waals surface area contributed by atoms with Crippen molar-refractivity contribution in [3.63, 3.8) is 0 Å². The Kier molecular flexibility index (Phi) is 7.57. The van der Waals surface area contributed by atoms with E-state index in [1.165, 1.54) is 0 Å². The van der Waals surface area contributed by atoms with E-state index in [0.717, 1.165) is 91.3 Å². The number of ether oxygens (including phenoxy) is 3. The number of nitrogens with zero attached hydrogens (tertiary/aromatic N) is 2. The molecular formula is C28H33N3O4. The minimum absolute atomic E-state index is 0.0144. The van der Waals surface area contributed by atoms with Gasteiger partial charge in [-0.3, -0.25) is 14.7 Å². The van der Waals surface area contributed by atoms with Crippen LogP contribution >= 0.6 is 0 Å². The molecule has 1 amide bonds. The topological polar surface area (TPSA) is 72.9 Å². The van der Waals surface area contributed by atoms with Gasteiger partial charge in [-0.05, 0) is 55.2 Å². The van der Waals surface area contributed by atoms with E-state index < -0.39 is 0 Å². The fourth-order valence-corrected chi connectivity index (χ4v) is 4.79. The molecule has 2 aliphatic rings. The zero-order chi connectivity index (χ0) is 24.0. The van der Waals surface area contributed by atoms with Crippen LogP contribution in [-0.4, -0.2) is 68.0 Å². The highest BCUT2D eigenvalue weighted by molar-refractivity contribution is 5.94. The largest absolute Gasteiger partial charge is 0.483 e. The summed E-state index contributed by atoms with van der Waals surface area (Å²) < 4.78 is 17.1. The maximum Gasteiger partial charge on any atom is 0.258 e. The van der Waals surface area contributed by atoms with Gasteiger partial charge < -0.3 is 19.5 Å². The molecule has 3 aromatic rings. The van der Waals surface area contributed by atoms with Gasteiger partial charge in [0.05, 0.1) is 24.8 Å². The summed E-state index contributed by atoms with van der Waals surface area (Å²) in [6.07, 6.45) is 2.17. The molecule has 184 valence electrons. The monoisotopic (exact) mass is 475 g/mol. The Labute approximate surface area is 206 Å². The molecule has 1 atom stereocenters. The summed E-state index contributed by atoms with van der Waals surface area (Å²) in [7, 11) is 0. The fourth-order valence-electron chi connectivity index (χ4n) is 4.79. The molecule has 1 N–H and O–H groups in total. The number of pyridine rings is 1. The van der Waals surface area contributed by atoms with Crippen LogP contribution in [0.2, 0.25) is 0 Å². The lowest BCUT2D eigenvalue weighted by molar-refractivity contribution is -0.123. The molecule has 0 unspecified atom stereocenters. The maximum absolute atomic E-state index is 12.4. The summed E-state index contributed by atoms with van der Waals surface area (Å²) in [5, 5.41) is 4.06. The van der Waals surface area contributed by atoms with Gasteiger partial charge in [-0.25, -0.2) is 0 Å². The van der Waals surface area contributed by atoms with Crippen molar-refractivity contribution in [1.82, 2.24) is 15.2 Å². The van der Waals surface area contributed by atoms with Crippen LogP contribution in [0.15, 0.2) is 48.5 Å². The number of carbonyl (C=O) groups is 1. The normalized spacial score (nSPS) is 18.6. The van der Waals surface area contributed by atoms with E-state index in [4.69, 9.17) is 19.2 Å².